The number of anilines is 1. The Morgan fingerprint density at radius 3 is 2.35 bits per heavy atom. The van der Waals surface area contributed by atoms with Crippen molar-refractivity contribution in [1.82, 2.24) is 4.98 Å². The van der Waals surface area contributed by atoms with Crippen LogP contribution in [-0.2, 0) is 6.18 Å². The van der Waals surface area contributed by atoms with E-state index in [0.29, 0.717) is 10.9 Å². The van der Waals surface area contributed by atoms with Gasteiger partial charge in [0, 0.05) is 10.9 Å². The van der Waals surface area contributed by atoms with Crippen molar-refractivity contribution in [2.24, 2.45) is 0 Å². The number of benzene rings is 2. The van der Waals surface area contributed by atoms with Crippen LogP contribution in [0.5, 0.6) is 0 Å². The van der Waals surface area contributed by atoms with Gasteiger partial charge in [-0.25, -0.2) is 4.98 Å². The Hall–Kier alpha value is -3.07. The van der Waals surface area contributed by atoms with Crippen LogP contribution in [0.1, 0.15) is 11.1 Å². The van der Waals surface area contributed by atoms with Gasteiger partial charge in [-0.05, 0) is 12.1 Å². The highest BCUT2D eigenvalue weighted by atomic mass is 19.4. The van der Waals surface area contributed by atoms with Gasteiger partial charge in [0.1, 0.15) is 11.6 Å². The Morgan fingerprint density at radius 1 is 1.00 bits per heavy atom. The third kappa shape index (κ3) is 2.46. The van der Waals surface area contributed by atoms with Crippen LogP contribution in [0.4, 0.5) is 18.9 Å². The Labute approximate surface area is 129 Å². The molecule has 3 aromatic rings. The van der Waals surface area contributed by atoms with Gasteiger partial charge in [0.15, 0.2) is 0 Å². The molecule has 2 aromatic carbocycles. The van der Waals surface area contributed by atoms with Gasteiger partial charge in [-0.3, -0.25) is 0 Å². The summed E-state index contributed by atoms with van der Waals surface area (Å²) in [6, 6.07) is 13.7. The lowest BCUT2D eigenvalue weighted by Crippen LogP contribution is -2.08. The van der Waals surface area contributed by atoms with E-state index in [2.05, 4.69) is 4.98 Å². The summed E-state index contributed by atoms with van der Waals surface area (Å²) in [6.45, 7) is 0. The second-order valence-corrected chi connectivity index (χ2v) is 4.92. The zero-order valence-corrected chi connectivity index (χ0v) is 11.7. The summed E-state index contributed by atoms with van der Waals surface area (Å²) in [5, 5.41) is 9.90. The molecule has 0 spiro atoms. The van der Waals surface area contributed by atoms with Gasteiger partial charge in [0.2, 0.25) is 0 Å². The normalized spacial score (nSPS) is 11.4. The summed E-state index contributed by atoms with van der Waals surface area (Å²) in [6.07, 6.45) is -4.55. The number of aromatic nitrogens is 1. The standard InChI is InChI=1S/C17H10F3N3/c18-17(19,20)13-7-3-1-5-10(13)16-12(9-21)15(22)11-6-2-4-8-14(11)23-16/h1-8H,(H2,22,23). The maximum atomic E-state index is 13.2. The van der Waals surface area contributed by atoms with E-state index < -0.39 is 11.7 Å². The monoisotopic (exact) mass is 313 g/mol. The number of fused-ring (bicyclic) bond motifs is 1. The fraction of sp³-hybridized carbons (Fsp3) is 0.0588. The van der Waals surface area contributed by atoms with Crippen molar-refractivity contribution >= 4 is 16.6 Å². The van der Waals surface area contributed by atoms with E-state index in [1.807, 2.05) is 6.07 Å². The molecular weight excluding hydrogens is 303 g/mol. The van der Waals surface area contributed by atoms with Crippen LogP contribution in [0.15, 0.2) is 48.5 Å². The van der Waals surface area contributed by atoms with Crippen LogP contribution in [0.3, 0.4) is 0 Å². The molecule has 0 aliphatic heterocycles. The van der Waals surface area contributed by atoms with Crippen LogP contribution in [0.2, 0.25) is 0 Å². The van der Waals surface area contributed by atoms with Crippen molar-refractivity contribution in [2.45, 2.75) is 6.18 Å². The highest BCUT2D eigenvalue weighted by Crippen LogP contribution is 2.39. The number of nitriles is 1. The number of halogens is 3. The smallest absolute Gasteiger partial charge is 0.397 e. The number of nitrogen functional groups attached to an aromatic ring is 1. The zero-order valence-electron chi connectivity index (χ0n) is 11.7. The minimum absolute atomic E-state index is 0.0552. The third-order valence-electron chi connectivity index (χ3n) is 3.53. The summed E-state index contributed by atoms with van der Waals surface area (Å²) < 4.78 is 39.7. The van der Waals surface area contributed by atoms with Crippen LogP contribution in [-0.4, -0.2) is 4.98 Å². The molecule has 0 unspecified atom stereocenters. The molecule has 23 heavy (non-hydrogen) atoms. The van der Waals surface area contributed by atoms with E-state index in [4.69, 9.17) is 5.73 Å². The van der Waals surface area contributed by atoms with Crippen molar-refractivity contribution in [3.05, 3.63) is 59.7 Å². The van der Waals surface area contributed by atoms with Crippen molar-refractivity contribution in [3.63, 3.8) is 0 Å². The summed E-state index contributed by atoms with van der Waals surface area (Å²) >= 11 is 0. The Kier molecular flexibility index (Phi) is 3.41. The summed E-state index contributed by atoms with van der Waals surface area (Å²) in [5.74, 6) is 0. The molecule has 114 valence electrons. The largest absolute Gasteiger partial charge is 0.417 e. The molecule has 0 bridgehead atoms. The number of hydrogen-bond donors (Lipinski definition) is 1. The molecule has 0 saturated heterocycles. The molecule has 2 N–H and O–H groups in total. The number of alkyl halides is 3. The predicted octanol–water partition coefficient (Wildman–Crippen LogP) is 4.37. The quantitative estimate of drug-likeness (QED) is 0.725. The van der Waals surface area contributed by atoms with Crippen molar-refractivity contribution in [3.8, 4) is 17.3 Å². The average molecular weight is 313 g/mol. The summed E-state index contributed by atoms with van der Waals surface area (Å²) in [4.78, 5) is 4.25. The second kappa shape index (κ2) is 5.29. The molecule has 0 amide bonds. The summed E-state index contributed by atoms with van der Waals surface area (Å²) in [7, 11) is 0. The van der Waals surface area contributed by atoms with Gasteiger partial charge in [-0.2, -0.15) is 18.4 Å². The van der Waals surface area contributed by atoms with Gasteiger partial charge in [0.25, 0.3) is 0 Å². The number of nitrogens with zero attached hydrogens (tertiary/aromatic N) is 2. The van der Waals surface area contributed by atoms with Crippen LogP contribution < -0.4 is 5.73 Å². The van der Waals surface area contributed by atoms with E-state index in [1.54, 1.807) is 24.3 Å². The molecule has 0 aliphatic rings. The highest BCUT2D eigenvalue weighted by molar-refractivity contribution is 5.97. The number of pyridine rings is 1. The first-order chi connectivity index (χ1) is 10.9. The van der Waals surface area contributed by atoms with Gasteiger partial charge < -0.3 is 5.73 Å². The van der Waals surface area contributed by atoms with Crippen LogP contribution in [0, 0.1) is 11.3 Å². The Morgan fingerprint density at radius 2 is 1.65 bits per heavy atom. The molecule has 0 fully saturated rings. The molecule has 0 atom stereocenters. The van der Waals surface area contributed by atoms with E-state index >= 15 is 0 Å². The van der Waals surface area contributed by atoms with E-state index in [1.165, 1.54) is 18.2 Å². The molecule has 3 nitrogen and oxygen atoms in total. The second-order valence-electron chi connectivity index (χ2n) is 4.92. The lowest BCUT2D eigenvalue weighted by atomic mass is 9.97. The molecule has 3 rings (SSSR count). The van der Waals surface area contributed by atoms with Gasteiger partial charge in [-0.1, -0.05) is 36.4 Å². The topological polar surface area (TPSA) is 62.7 Å². The molecule has 1 heterocycles. The number of nitrogens with two attached hydrogens (primary N) is 1. The number of hydrogen-bond acceptors (Lipinski definition) is 3. The fourth-order valence-electron chi connectivity index (χ4n) is 2.48. The van der Waals surface area contributed by atoms with Gasteiger partial charge in [0.05, 0.1) is 22.5 Å². The molecule has 6 heteroatoms. The predicted molar refractivity (Wildman–Crippen MR) is 81.3 cm³/mol. The van der Waals surface area contributed by atoms with Gasteiger partial charge >= 0.3 is 6.18 Å². The van der Waals surface area contributed by atoms with Crippen LogP contribution >= 0.6 is 0 Å². The minimum atomic E-state index is -4.55. The van der Waals surface area contributed by atoms with Crippen molar-refractivity contribution in [2.75, 3.05) is 5.73 Å². The molecule has 0 radical (unpaired) electrons. The Balaban J connectivity index is 2.41. The van der Waals surface area contributed by atoms with Gasteiger partial charge in [-0.15, -0.1) is 0 Å². The maximum Gasteiger partial charge on any atom is 0.417 e. The lowest BCUT2D eigenvalue weighted by Gasteiger charge is -2.15. The minimum Gasteiger partial charge on any atom is -0.397 e. The number of para-hydroxylation sites is 1. The first-order valence-electron chi connectivity index (χ1n) is 6.68. The van der Waals surface area contributed by atoms with Crippen LogP contribution in [0.25, 0.3) is 22.2 Å². The lowest BCUT2D eigenvalue weighted by molar-refractivity contribution is -0.137. The SMILES string of the molecule is N#Cc1c(-c2ccccc2C(F)(F)F)nc2ccccc2c1N. The first-order valence-corrected chi connectivity index (χ1v) is 6.68. The molecule has 0 aliphatic carbocycles. The summed E-state index contributed by atoms with van der Waals surface area (Å²) in [5.41, 5.74) is 5.43. The molecule has 1 aromatic heterocycles. The number of rotatable bonds is 1. The maximum absolute atomic E-state index is 13.2. The average Bonchev–Trinajstić information content (AvgIpc) is 2.54. The van der Waals surface area contributed by atoms with E-state index in [9.17, 15) is 18.4 Å². The third-order valence-corrected chi connectivity index (χ3v) is 3.53. The Bertz CT molecular complexity index is 940. The zero-order chi connectivity index (χ0) is 16.6. The van der Waals surface area contributed by atoms with Crippen molar-refractivity contribution < 1.29 is 13.2 Å². The van der Waals surface area contributed by atoms with E-state index in [0.717, 1.165) is 6.07 Å². The van der Waals surface area contributed by atoms with E-state index in [-0.39, 0.29) is 22.5 Å². The fourth-order valence-corrected chi connectivity index (χ4v) is 2.48. The molecular formula is C17H10F3N3. The van der Waals surface area contributed by atoms with Crippen molar-refractivity contribution in [1.29, 1.82) is 5.26 Å². The highest BCUT2D eigenvalue weighted by Gasteiger charge is 2.34. The first kappa shape index (κ1) is 14.9. The molecule has 0 saturated carbocycles.